The van der Waals surface area contributed by atoms with Gasteiger partial charge < -0.3 is 9.67 Å². The van der Waals surface area contributed by atoms with Gasteiger partial charge >= 0.3 is 5.97 Å². The van der Waals surface area contributed by atoms with Gasteiger partial charge in [0.05, 0.1) is 6.33 Å². The molecule has 0 amide bonds. The summed E-state index contributed by atoms with van der Waals surface area (Å²) >= 11 is 0. The summed E-state index contributed by atoms with van der Waals surface area (Å²) in [4.78, 5) is 15.0. The van der Waals surface area contributed by atoms with Gasteiger partial charge in [0.25, 0.3) is 0 Å². The van der Waals surface area contributed by atoms with E-state index in [0.717, 1.165) is 0 Å². The van der Waals surface area contributed by atoms with Gasteiger partial charge in [-0.05, 0) is 5.56 Å². The van der Waals surface area contributed by atoms with E-state index < -0.39 is 5.97 Å². The molecular formula is C14H12N4O2. The van der Waals surface area contributed by atoms with Gasteiger partial charge in [-0.15, -0.1) is 0 Å². The topological polar surface area (TPSA) is 83.8 Å². The summed E-state index contributed by atoms with van der Waals surface area (Å²) in [6.45, 7) is 0.712. The fraction of sp³-hybridized carbons (Fsp3) is 0.0714. The predicted molar refractivity (Wildman–Crippen MR) is 72.3 cm³/mol. The highest BCUT2D eigenvalue weighted by Gasteiger charge is 2.11. The molecule has 2 heterocycles. The Hall–Kier alpha value is -2.89. The molecule has 0 unspecified atom stereocenters. The van der Waals surface area contributed by atoms with Gasteiger partial charge in [0.15, 0.2) is 0 Å². The Morgan fingerprint density at radius 2 is 2.05 bits per heavy atom. The first kappa shape index (κ1) is 12.2. The van der Waals surface area contributed by atoms with Crippen molar-refractivity contribution >= 4 is 5.97 Å². The number of H-pyrrole nitrogens is 1. The first-order chi connectivity index (χ1) is 9.72. The number of aromatic carboxylic acids is 1. The number of carboxylic acids is 1. The number of rotatable bonds is 4. The predicted octanol–water partition coefficient (Wildman–Crippen LogP) is 2.02. The molecule has 0 bridgehead atoms. The van der Waals surface area contributed by atoms with Crippen molar-refractivity contribution in [2.24, 2.45) is 0 Å². The number of benzene rings is 1. The van der Waals surface area contributed by atoms with Crippen molar-refractivity contribution in [3.63, 3.8) is 0 Å². The minimum atomic E-state index is -1.03. The Bertz CT molecular complexity index is 730. The summed E-state index contributed by atoms with van der Waals surface area (Å²) in [6.07, 6.45) is 3.55. The van der Waals surface area contributed by atoms with Crippen molar-refractivity contribution in [1.29, 1.82) is 0 Å². The largest absolute Gasteiger partial charge is 0.477 e. The molecule has 2 N–H and O–H groups in total. The zero-order valence-electron chi connectivity index (χ0n) is 10.5. The number of imidazole rings is 1. The molecule has 3 aromatic rings. The highest BCUT2D eigenvalue weighted by atomic mass is 16.4. The second kappa shape index (κ2) is 5.00. The van der Waals surface area contributed by atoms with E-state index in [1.807, 2.05) is 41.1 Å². The number of carboxylic acid groups (broad SMARTS) is 1. The van der Waals surface area contributed by atoms with E-state index in [2.05, 4.69) is 15.2 Å². The molecular weight excluding hydrogens is 256 g/mol. The highest BCUT2D eigenvalue weighted by molar-refractivity contribution is 5.86. The van der Waals surface area contributed by atoms with Gasteiger partial charge in [-0.3, -0.25) is 5.10 Å². The van der Waals surface area contributed by atoms with Crippen LogP contribution in [0.25, 0.3) is 11.4 Å². The molecule has 0 saturated heterocycles. The minimum absolute atomic E-state index is 0.0533. The van der Waals surface area contributed by atoms with Crippen molar-refractivity contribution in [2.45, 2.75) is 6.54 Å². The Morgan fingerprint density at radius 3 is 2.75 bits per heavy atom. The van der Waals surface area contributed by atoms with Gasteiger partial charge in [-0.2, -0.15) is 5.10 Å². The standard InChI is InChI=1S/C14H12N4O2/c19-14(20)12-6-11(16-17-12)13-8-18(9-15-13)7-10-4-2-1-3-5-10/h1-6,8-9H,7H2,(H,16,17)(H,19,20). The van der Waals surface area contributed by atoms with Crippen LogP contribution in [0.4, 0.5) is 0 Å². The van der Waals surface area contributed by atoms with Crippen LogP contribution in [-0.4, -0.2) is 30.8 Å². The lowest BCUT2D eigenvalue weighted by Crippen LogP contribution is -1.95. The molecule has 0 radical (unpaired) electrons. The van der Waals surface area contributed by atoms with E-state index in [1.54, 1.807) is 6.33 Å². The van der Waals surface area contributed by atoms with Crippen LogP contribution in [0.2, 0.25) is 0 Å². The average Bonchev–Trinajstić information content (AvgIpc) is 3.08. The maximum Gasteiger partial charge on any atom is 0.353 e. The van der Waals surface area contributed by atoms with Crippen molar-refractivity contribution in [3.05, 3.63) is 60.2 Å². The van der Waals surface area contributed by atoms with E-state index in [1.165, 1.54) is 11.6 Å². The number of nitrogens with zero attached hydrogens (tertiary/aromatic N) is 3. The zero-order valence-corrected chi connectivity index (χ0v) is 10.5. The van der Waals surface area contributed by atoms with Crippen LogP contribution in [0, 0.1) is 0 Å². The Labute approximate surface area is 114 Å². The molecule has 20 heavy (non-hydrogen) atoms. The zero-order chi connectivity index (χ0) is 13.9. The van der Waals surface area contributed by atoms with E-state index in [-0.39, 0.29) is 5.69 Å². The smallest absolute Gasteiger partial charge is 0.353 e. The van der Waals surface area contributed by atoms with E-state index >= 15 is 0 Å². The molecule has 0 aliphatic heterocycles. The number of carbonyl (C=O) groups is 1. The van der Waals surface area contributed by atoms with Crippen LogP contribution in [0.15, 0.2) is 48.9 Å². The lowest BCUT2D eigenvalue weighted by Gasteiger charge is -2.00. The summed E-state index contributed by atoms with van der Waals surface area (Å²) in [5.74, 6) is -1.03. The quantitative estimate of drug-likeness (QED) is 0.758. The molecule has 6 nitrogen and oxygen atoms in total. The van der Waals surface area contributed by atoms with Crippen LogP contribution >= 0.6 is 0 Å². The van der Waals surface area contributed by atoms with E-state index in [0.29, 0.717) is 17.9 Å². The number of hydrogen-bond donors (Lipinski definition) is 2. The second-order valence-corrected chi connectivity index (χ2v) is 4.39. The molecule has 0 saturated carbocycles. The van der Waals surface area contributed by atoms with Crippen LogP contribution in [0.5, 0.6) is 0 Å². The lowest BCUT2D eigenvalue weighted by atomic mass is 10.2. The van der Waals surface area contributed by atoms with Gasteiger partial charge in [-0.25, -0.2) is 9.78 Å². The lowest BCUT2D eigenvalue weighted by molar-refractivity contribution is 0.0690. The van der Waals surface area contributed by atoms with E-state index in [9.17, 15) is 4.79 Å². The SMILES string of the molecule is O=C(O)c1cc(-c2cn(Cc3ccccc3)cn2)n[nH]1. The average molecular weight is 268 g/mol. The van der Waals surface area contributed by atoms with E-state index in [4.69, 9.17) is 5.11 Å². The Morgan fingerprint density at radius 1 is 1.25 bits per heavy atom. The van der Waals surface area contributed by atoms with Gasteiger partial charge in [0.1, 0.15) is 17.1 Å². The van der Waals surface area contributed by atoms with Gasteiger partial charge in [-0.1, -0.05) is 30.3 Å². The first-order valence-corrected chi connectivity index (χ1v) is 6.07. The molecule has 6 heteroatoms. The monoisotopic (exact) mass is 268 g/mol. The third kappa shape index (κ3) is 2.44. The molecule has 2 aromatic heterocycles. The molecule has 0 aliphatic carbocycles. The molecule has 3 rings (SSSR count). The first-order valence-electron chi connectivity index (χ1n) is 6.07. The molecule has 0 aliphatic rings. The van der Waals surface area contributed by atoms with Crippen LogP contribution in [-0.2, 0) is 6.54 Å². The van der Waals surface area contributed by atoms with Crippen molar-refractivity contribution in [3.8, 4) is 11.4 Å². The van der Waals surface area contributed by atoms with Crippen molar-refractivity contribution in [1.82, 2.24) is 19.7 Å². The fourth-order valence-electron chi connectivity index (χ4n) is 1.94. The maximum absolute atomic E-state index is 10.8. The summed E-state index contributed by atoms with van der Waals surface area (Å²) in [7, 11) is 0. The summed E-state index contributed by atoms with van der Waals surface area (Å²) in [5.41, 5.74) is 2.39. The number of nitrogens with one attached hydrogen (secondary N) is 1. The Kier molecular flexibility index (Phi) is 3.04. The van der Waals surface area contributed by atoms with Crippen molar-refractivity contribution in [2.75, 3.05) is 0 Å². The number of hydrogen-bond acceptors (Lipinski definition) is 3. The third-order valence-electron chi connectivity index (χ3n) is 2.91. The third-order valence-corrected chi connectivity index (χ3v) is 2.91. The highest BCUT2D eigenvalue weighted by Crippen LogP contribution is 2.15. The maximum atomic E-state index is 10.8. The molecule has 1 aromatic carbocycles. The summed E-state index contributed by atoms with van der Waals surface area (Å²) < 4.78 is 1.93. The van der Waals surface area contributed by atoms with Crippen LogP contribution in [0.1, 0.15) is 16.1 Å². The minimum Gasteiger partial charge on any atom is -0.477 e. The fourth-order valence-corrected chi connectivity index (χ4v) is 1.94. The number of aromatic amines is 1. The molecule has 0 fully saturated rings. The van der Waals surface area contributed by atoms with Gasteiger partial charge in [0, 0.05) is 18.8 Å². The van der Waals surface area contributed by atoms with Crippen molar-refractivity contribution < 1.29 is 9.90 Å². The number of aromatic nitrogens is 4. The molecule has 0 spiro atoms. The second-order valence-electron chi connectivity index (χ2n) is 4.39. The van der Waals surface area contributed by atoms with Crippen LogP contribution in [0.3, 0.4) is 0 Å². The summed E-state index contributed by atoms with van der Waals surface area (Å²) in [6, 6.07) is 11.5. The van der Waals surface area contributed by atoms with Gasteiger partial charge in [0.2, 0.25) is 0 Å². The summed E-state index contributed by atoms with van der Waals surface area (Å²) in [5, 5.41) is 15.3. The molecule has 100 valence electrons. The Balaban J connectivity index is 1.81. The van der Waals surface area contributed by atoms with Crippen LogP contribution < -0.4 is 0 Å². The molecule has 0 atom stereocenters. The normalized spacial score (nSPS) is 10.6.